The van der Waals surface area contributed by atoms with Gasteiger partial charge in [-0.25, -0.2) is 4.98 Å². The van der Waals surface area contributed by atoms with Crippen molar-refractivity contribution in [2.75, 3.05) is 25.4 Å². The van der Waals surface area contributed by atoms with Gasteiger partial charge in [-0.2, -0.15) is 0 Å². The molecular weight excluding hydrogens is 420 g/mol. The van der Waals surface area contributed by atoms with Crippen LogP contribution in [-0.2, 0) is 22.6 Å². The van der Waals surface area contributed by atoms with Gasteiger partial charge in [0.05, 0.1) is 24.2 Å². The normalized spacial score (nSPS) is 16.8. The van der Waals surface area contributed by atoms with Gasteiger partial charge >= 0.3 is 0 Å². The van der Waals surface area contributed by atoms with Gasteiger partial charge < -0.3 is 10.1 Å². The number of imidazole rings is 1. The fourth-order valence-electron chi connectivity index (χ4n) is 3.93. The summed E-state index contributed by atoms with van der Waals surface area (Å²) in [7, 11) is 0. The summed E-state index contributed by atoms with van der Waals surface area (Å²) in [5, 5.41) is 3.86. The molecule has 6 nitrogen and oxygen atoms in total. The van der Waals surface area contributed by atoms with Crippen LogP contribution in [0.2, 0.25) is 0 Å². The first-order valence-electron chi connectivity index (χ1n) is 11.0. The van der Waals surface area contributed by atoms with Crippen LogP contribution in [0.5, 0.6) is 0 Å². The Morgan fingerprint density at radius 2 is 2.06 bits per heavy atom. The van der Waals surface area contributed by atoms with E-state index in [4.69, 9.17) is 4.74 Å². The minimum absolute atomic E-state index is 0.00161. The number of rotatable bonds is 8. The third-order valence-electron chi connectivity index (χ3n) is 5.53. The van der Waals surface area contributed by atoms with Crippen molar-refractivity contribution in [1.29, 1.82) is 0 Å². The largest absolute Gasteiger partial charge is 0.376 e. The van der Waals surface area contributed by atoms with Crippen LogP contribution in [0.4, 0.5) is 0 Å². The topological polar surface area (TPSA) is 59.4 Å². The van der Waals surface area contributed by atoms with Gasteiger partial charge in [0.15, 0.2) is 5.16 Å². The number of morpholine rings is 1. The van der Waals surface area contributed by atoms with Crippen LogP contribution in [-0.4, -0.2) is 51.9 Å². The zero-order valence-corrected chi connectivity index (χ0v) is 19.5. The number of ether oxygens (including phenoxy) is 1. The molecule has 1 aromatic heterocycles. The monoisotopic (exact) mass is 450 g/mol. The molecule has 2 heterocycles. The Labute approximate surface area is 194 Å². The summed E-state index contributed by atoms with van der Waals surface area (Å²) in [6.07, 6.45) is 3.99. The van der Waals surface area contributed by atoms with Crippen molar-refractivity contribution in [1.82, 2.24) is 19.8 Å². The van der Waals surface area contributed by atoms with Crippen molar-refractivity contribution >= 4 is 17.7 Å². The van der Waals surface area contributed by atoms with Crippen molar-refractivity contribution in [2.24, 2.45) is 0 Å². The minimum Gasteiger partial charge on any atom is -0.376 e. The van der Waals surface area contributed by atoms with E-state index < -0.39 is 0 Å². The van der Waals surface area contributed by atoms with E-state index in [1.807, 2.05) is 22.9 Å². The molecule has 32 heavy (non-hydrogen) atoms. The summed E-state index contributed by atoms with van der Waals surface area (Å²) in [4.78, 5) is 19.3. The summed E-state index contributed by atoms with van der Waals surface area (Å²) in [6, 6.07) is 16.6. The van der Waals surface area contributed by atoms with Crippen LogP contribution in [0.25, 0.3) is 5.69 Å². The zero-order chi connectivity index (χ0) is 22.3. The maximum Gasteiger partial charge on any atom is 0.230 e. The number of amides is 1. The van der Waals surface area contributed by atoms with Crippen LogP contribution in [0, 0.1) is 6.92 Å². The molecule has 1 aliphatic heterocycles. The molecule has 7 heteroatoms. The second-order valence-corrected chi connectivity index (χ2v) is 9.11. The number of nitrogens with one attached hydrogen (secondary N) is 1. The van der Waals surface area contributed by atoms with Crippen molar-refractivity contribution in [3.63, 3.8) is 0 Å². The number of aromatic nitrogens is 2. The second kappa shape index (κ2) is 10.8. The molecule has 0 saturated carbocycles. The smallest absolute Gasteiger partial charge is 0.230 e. The van der Waals surface area contributed by atoms with Gasteiger partial charge in [-0.15, -0.1) is 0 Å². The maximum absolute atomic E-state index is 12.5. The van der Waals surface area contributed by atoms with E-state index in [0.29, 0.717) is 12.3 Å². The van der Waals surface area contributed by atoms with E-state index >= 15 is 0 Å². The van der Waals surface area contributed by atoms with Gasteiger partial charge in [-0.3, -0.25) is 14.3 Å². The molecule has 4 rings (SSSR count). The molecule has 1 saturated heterocycles. The fraction of sp³-hybridized carbons (Fsp3) is 0.360. The van der Waals surface area contributed by atoms with Crippen molar-refractivity contribution in [2.45, 2.75) is 38.2 Å². The van der Waals surface area contributed by atoms with Crippen LogP contribution in [0.3, 0.4) is 0 Å². The molecule has 1 atom stereocenters. The Morgan fingerprint density at radius 1 is 1.22 bits per heavy atom. The number of carbonyl (C=O) groups excluding carboxylic acids is 1. The number of para-hydroxylation sites is 1. The van der Waals surface area contributed by atoms with E-state index in [1.165, 1.54) is 22.9 Å². The Morgan fingerprint density at radius 3 is 2.91 bits per heavy atom. The van der Waals surface area contributed by atoms with Crippen molar-refractivity contribution in [3.8, 4) is 5.69 Å². The molecule has 1 N–H and O–H groups in total. The average Bonchev–Trinajstić information content (AvgIpc) is 3.25. The van der Waals surface area contributed by atoms with E-state index in [9.17, 15) is 4.79 Å². The second-order valence-electron chi connectivity index (χ2n) is 8.17. The highest BCUT2D eigenvalue weighted by atomic mass is 32.2. The van der Waals surface area contributed by atoms with E-state index in [0.717, 1.165) is 42.6 Å². The average molecular weight is 451 g/mol. The van der Waals surface area contributed by atoms with Crippen LogP contribution < -0.4 is 5.32 Å². The molecule has 1 unspecified atom stereocenters. The van der Waals surface area contributed by atoms with Crippen LogP contribution in [0.1, 0.15) is 23.6 Å². The quantitative estimate of drug-likeness (QED) is 0.529. The first-order chi connectivity index (χ1) is 15.6. The number of aryl methyl sites for hydroxylation is 1. The molecule has 1 aliphatic rings. The summed E-state index contributed by atoms with van der Waals surface area (Å²) < 4.78 is 7.66. The van der Waals surface area contributed by atoms with E-state index in [-0.39, 0.29) is 12.0 Å². The lowest BCUT2D eigenvalue weighted by molar-refractivity contribution is -0.118. The number of carbonyl (C=O) groups is 1. The van der Waals surface area contributed by atoms with Crippen molar-refractivity contribution in [3.05, 3.63) is 77.6 Å². The van der Waals surface area contributed by atoms with Gasteiger partial charge in [-0.05, 0) is 36.6 Å². The SMILES string of the molecule is Cc1ccccc1-n1ccnc1SCC(=O)NCc1cccc(CN2CCOC(C)C2)c1. The highest BCUT2D eigenvalue weighted by Crippen LogP contribution is 2.22. The van der Waals surface area contributed by atoms with Crippen molar-refractivity contribution < 1.29 is 9.53 Å². The maximum atomic E-state index is 12.5. The summed E-state index contributed by atoms with van der Waals surface area (Å²) in [5.74, 6) is 0.329. The number of benzene rings is 2. The molecule has 1 fully saturated rings. The molecule has 168 valence electrons. The minimum atomic E-state index is 0.00161. The lowest BCUT2D eigenvalue weighted by Crippen LogP contribution is -2.40. The summed E-state index contributed by atoms with van der Waals surface area (Å²) in [5.41, 5.74) is 4.63. The summed E-state index contributed by atoms with van der Waals surface area (Å²) >= 11 is 1.45. The molecule has 0 aliphatic carbocycles. The standard InChI is InChI=1S/C25H30N4O2S/c1-19-6-3-4-9-23(19)29-11-10-26-25(29)32-18-24(30)27-15-21-7-5-8-22(14-21)17-28-12-13-31-20(2)16-28/h3-11,14,20H,12-13,15-18H2,1-2H3,(H,27,30). The van der Waals surface area contributed by atoms with Gasteiger partial charge in [0, 0.05) is 38.6 Å². The molecule has 2 aromatic carbocycles. The Kier molecular flexibility index (Phi) is 7.63. The summed E-state index contributed by atoms with van der Waals surface area (Å²) in [6.45, 7) is 8.33. The van der Waals surface area contributed by atoms with Crippen LogP contribution >= 0.6 is 11.8 Å². The molecular formula is C25H30N4O2S. The third-order valence-corrected chi connectivity index (χ3v) is 6.49. The highest BCUT2D eigenvalue weighted by molar-refractivity contribution is 7.99. The number of hydrogen-bond donors (Lipinski definition) is 1. The number of thioether (sulfide) groups is 1. The van der Waals surface area contributed by atoms with Gasteiger partial charge in [-0.1, -0.05) is 54.2 Å². The first kappa shape index (κ1) is 22.6. The molecule has 1 amide bonds. The number of nitrogens with zero attached hydrogens (tertiary/aromatic N) is 3. The van der Waals surface area contributed by atoms with E-state index in [2.05, 4.69) is 65.4 Å². The molecule has 0 bridgehead atoms. The number of hydrogen-bond acceptors (Lipinski definition) is 5. The highest BCUT2D eigenvalue weighted by Gasteiger charge is 2.16. The van der Waals surface area contributed by atoms with E-state index in [1.54, 1.807) is 6.20 Å². The van der Waals surface area contributed by atoms with Crippen LogP contribution in [0.15, 0.2) is 66.1 Å². The molecule has 0 spiro atoms. The van der Waals surface area contributed by atoms with Gasteiger partial charge in [0.25, 0.3) is 0 Å². The lowest BCUT2D eigenvalue weighted by atomic mass is 10.1. The fourth-order valence-corrected chi connectivity index (χ4v) is 4.72. The molecule has 3 aromatic rings. The van der Waals surface area contributed by atoms with Gasteiger partial charge in [0.1, 0.15) is 0 Å². The zero-order valence-electron chi connectivity index (χ0n) is 18.7. The lowest BCUT2D eigenvalue weighted by Gasteiger charge is -2.31. The first-order valence-corrected chi connectivity index (χ1v) is 12.0. The third kappa shape index (κ3) is 6.00. The Bertz CT molecular complexity index is 1050. The molecule has 0 radical (unpaired) electrons. The van der Waals surface area contributed by atoms with Gasteiger partial charge in [0.2, 0.25) is 5.91 Å². The predicted octanol–water partition coefficient (Wildman–Crippen LogP) is 3.81. The Hall–Kier alpha value is -2.61. The Balaban J connectivity index is 1.28. The predicted molar refractivity (Wildman–Crippen MR) is 128 cm³/mol.